The lowest BCUT2D eigenvalue weighted by molar-refractivity contribution is -0.122. The number of nitrogens with one attached hydrogen (secondary N) is 1. The molecule has 1 aromatic rings. The van der Waals surface area contributed by atoms with E-state index >= 15 is 0 Å². The first-order valence-electron chi connectivity index (χ1n) is 7.51. The molecule has 108 valence electrons. The zero-order valence-corrected chi connectivity index (χ0v) is 12.0. The zero-order valence-electron chi connectivity index (χ0n) is 12.0. The second kappa shape index (κ2) is 7.85. The number of carbonyl (C=O) groups excluding carboxylic acids is 1. The van der Waals surface area contributed by atoms with Gasteiger partial charge in [0.2, 0.25) is 5.91 Å². The molecule has 3 heteroatoms. The second-order valence-electron chi connectivity index (χ2n) is 5.43. The molecule has 3 N–H and O–H groups in total. The summed E-state index contributed by atoms with van der Waals surface area (Å²) in [5.74, 6) is -0.0282. The van der Waals surface area contributed by atoms with Crippen molar-refractivity contribution in [2.45, 2.75) is 44.6 Å². The Balaban J connectivity index is 1.64. The van der Waals surface area contributed by atoms with Crippen molar-refractivity contribution in [3.05, 3.63) is 47.5 Å². The Kier molecular flexibility index (Phi) is 5.81. The molecule has 0 radical (unpaired) electrons. The quantitative estimate of drug-likeness (QED) is 0.750. The van der Waals surface area contributed by atoms with Crippen LogP contribution in [0.3, 0.4) is 0 Å². The van der Waals surface area contributed by atoms with Crippen molar-refractivity contribution in [3.8, 4) is 0 Å². The summed E-state index contributed by atoms with van der Waals surface area (Å²) in [6, 6.07) is 9.74. The predicted octanol–water partition coefficient (Wildman–Crippen LogP) is 2.56. The normalized spacial score (nSPS) is 15.8. The Hall–Kier alpha value is -1.61. The summed E-state index contributed by atoms with van der Waals surface area (Å²) in [6.45, 7) is 0.712. The Morgan fingerprint density at radius 3 is 2.75 bits per heavy atom. The van der Waals surface area contributed by atoms with Crippen molar-refractivity contribution in [1.82, 2.24) is 5.32 Å². The van der Waals surface area contributed by atoms with Gasteiger partial charge in [-0.25, -0.2) is 0 Å². The van der Waals surface area contributed by atoms with Gasteiger partial charge in [-0.3, -0.25) is 4.79 Å². The van der Waals surface area contributed by atoms with Crippen LogP contribution in [0.1, 0.15) is 37.7 Å². The van der Waals surface area contributed by atoms with Crippen LogP contribution in [0, 0.1) is 0 Å². The average molecular weight is 272 g/mol. The molecule has 0 aliphatic heterocycles. The summed E-state index contributed by atoms with van der Waals surface area (Å²) in [5.41, 5.74) is 8.64. The van der Waals surface area contributed by atoms with Crippen LogP contribution in [-0.2, 0) is 11.2 Å². The van der Waals surface area contributed by atoms with Crippen molar-refractivity contribution < 1.29 is 4.79 Å². The van der Waals surface area contributed by atoms with Gasteiger partial charge in [0.1, 0.15) is 0 Å². The maximum atomic E-state index is 11.9. The highest BCUT2D eigenvalue weighted by atomic mass is 16.2. The lowest BCUT2D eigenvalue weighted by Crippen LogP contribution is -2.41. The summed E-state index contributed by atoms with van der Waals surface area (Å²) >= 11 is 0. The molecule has 1 atom stereocenters. The molecule has 1 amide bonds. The van der Waals surface area contributed by atoms with Crippen LogP contribution >= 0.6 is 0 Å². The largest absolute Gasteiger partial charge is 0.354 e. The number of benzene rings is 1. The third-order valence-electron chi connectivity index (χ3n) is 3.80. The van der Waals surface area contributed by atoms with Gasteiger partial charge >= 0.3 is 0 Å². The van der Waals surface area contributed by atoms with Crippen molar-refractivity contribution >= 4 is 5.91 Å². The van der Waals surface area contributed by atoms with E-state index in [0.717, 1.165) is 12.8 Å². The average Bonchev–Trinajstić information content (AvgIpc) is 2.99. The molecule has 1 unspecified atom stereocenters. The van der Waals surface area contributed by atoms with Crippen LogP contribution < -0.4 is 11.1 Å². The van der Waals surface area contributed by atoms with Crippen molar-refractivity contribution in [1.29, 1.82) is 0 Å². The molecule has 0 bridgehead atoms. The van der Waals surface area contributed by atoms with Gasteiger partial charge in [0.25, 0.3) is 0 Å². The molecule has 0 saturated carbocycles. The monoisotopic (exact) mass is 272 g/mol. The molecular weight excluding hydrogens is 248 g/mol. The third kappa shape index (κ3) is 4.82. The van der Waals surface area contributed by atoms with E-state index in [1.165, 1.54) is 30.4 Å². The Labute approximate surface area is 121 Å². The van der Waals surface area contributed by atoms with Crippen LogP contribution in [0.2, 0.25) is 0 Å². The Morgan fingerprint density at radius 1 is 1.25 bits per heavy atom. The summed E-state index contributed by atoms with van der Waals surface area (Å²) in [4.78, 5) is 11.9. The topological polar surface area (TPSA) is 55.1 Å². The molecule has 1 aromatic carbocycles. The van der Waals surface area contributed by atoms with E-state index in [9.17, 15) is 4.79 Å². The predicted molar refractivity (Wildman–Crippen MR) is 82.3 cm³/mol. The van der Waals surface area contributed by atoms with Crippen LogP contribution in [0.4, 0.5) is 0 Å². The summed E-state index contributed by atoms with van der Waals surface area (Å²) < 4.78 is 0. The Morgan fingerprint density at radius 2 is 2.05 bits per heavy atom. The van der Waals surface area contributed by atoms with E-state index in [2.05, 4.69) is 23.5 Å². The number of rotatable bonds is 7. The molecule has 2 rings (SSSR count). The van der Waals surface area contributed by atoms with Crippen LogP contribution in [0.15, 0.2) is 42.0 Å². The SMILES string of the molecule is NC(CCc1ccccc1)C(=O)NCCC1=CCCC1. The number of nitrogens with two attached hydrogens (primary N) is 1. The minimum absolute atomic E-state index is 0.0282. The zero-order chi connectivity index (χ0) is 14.2. The van der Waals surface area contributed by atoms with Gasteiger partial charge in [-0.2, -0.15) is 0 Å². The van der Waals surface area contributed by atoms with Gasteiger partial charge in [-0.1, -0.05) is 42.0 Å². The molecule has 0 saturated heterocycles. The van der Waals surface area contributed by atoms with Crippen molar-refractivity contribution in [2.75, 3.05) is 6.54 Å². The molecular formula is C17H24N2O. The molecule has 20 heavy (non-hydrogen) atoms. The fourth-order valence-electron chi connectivity index (χ4n) is 2.54. The van der Waals surface area contributed by atoms with Gasteiger partial charge in [0, 0.05) is 6.54 Å². The lowest BCUT2D eigenvalue weighted by atomic mass is 10.1. The molecule has 0 heterocycles. The van der Waals surface area contributed by atoms with Crippen LogP contribution in [0.25, 0.3) is 0 Å². The van der Waals surface area contributed by atoms with Gasteiger partial charge in [0.05, 0.1) is 6.04 Å². The molecule has 1 aliphatic rings. The molecule has 0 aromatic heterocycles. The highest BCUT2D eigenvalue weighted by Gasteiger charge is 2.13. The maximum Gasteiger partial charge on any atom is 0.236 e. The van der Waals surface area contributed by atoms with E-state index in [4.69, 9.17) is 5.73 Å². The first-order valence-corrected chi connectivity index (χ1v) is 7.51. The molecule has 3 nitrogen and oxygen atoms in total. The summed E-state index contributed by atoms with van der Waals surface area (Å²) in [7, 11) is 0. The first-order chi connectivity index (χ1) is 9.75. The summed E-state index contributed by atoms with van der Waals surface area (Å²) in [5, 5.41) is 2.94. The molecule has 0 fully saturated rings. The number of allylic oxidation sites excluding steroid dienone is 1. The van der Waals surface area contributed by atoms with E-state index in [1.54, 1.807) is 0 Å². The highest BCUT2D eigenvalue weighted by Crippen LogP contribution is 2.19. The van der Waals surface area contributed by atoms with Gasteiger partial charge in [0.15, 0.2) is 0 Å². The van der Waals surface area contributed by atoms with Crippen LogP contribution in [0.5, 0.6) is 0 Å². The van der Waals surface area contributed by atoms with Gasteiger partial charge in [-0.15, -0.1) is 0 Å². The second-order valence-corrected chi connectivity index (χ2v) is 5.43. The van der Waals surface area contributed by atoms with E-state index in [1.807, 2.05) is 18.2 Å². The smallest absolute Gasteiger partial charge is 0.236 e. The van der Waals surface area contributed by atoms with E-state index in [0.29, 0.717) is 13.0 Å². The third-order valence-corrected chi connectivity index (χ3v) is 3.80. The van der Waals surface area contributed by atoms with Crippen LogP contribution in [-0.4, -0.2) is 18.5 Å². The van der Waals surface area contributed by atoms with Gasteiger partial charge < -0.3 is 11.1 Å². The van der Waals surface area contributed by atoms with Crippen molar-refractivity contribution in [3.63, 3.8) is 0 Å². The standard InChI is InChI=1S/C17H24N2O/c18-16(11-10-14-6-2-1-3-7-14)17(20)19-13-12-15-8-4-5-9-15/h1-3,6-8,16H,4-5,9-13,18H2,(H,19,20). The number of hydrogen-bond acceptors (Lipinski definition) is 2. The van der Waals surface area contributed by atoms with Crippen molar-refractivity contribution in [2.24, 2.45) is 5.73 Å². The minimum Gasteiger partial charge on any atom is -0.354 e. The number of amides is 1. The maximum absolute atomic E-state index is 11.9. The number of aryl methyl sites for hydroxylation is 1. The first kappa shape index (κ1) is 14.8. The minimum atomic E-state index is -0.409. The van der Waals surface area contributed by atoms with E-state index < -0.39 is 6.04 Å². The fraction of sp³-hybridized carbons (Fsp3) is 0.471. The van der Waals surface area contributed by atoms with E-state index in [-0.39, 0.29) is 5.91 Å². The molecule has 1 aliphatic carbocycles. The number of carbonyl (C=O) groups is 1. The fourth-order valence-corrected chi connectivity index (χ4v) is 2.54. The Bertz CT molecular complexity index is 453. The number of hydrogen-bond donors (Lipinski definition) is 2. The highest BCUT2D eigenvalue weighted by molar-refractivity contribution is 5.81. The molecule has 0 spiro atoms. The summed E-state index contributed by atoms with van der Waals surface area (Å²) in [6.07, 6.45) is 8.45. The van der Waals surface area contributed by atoms with Gasteiger partial charge in [-0.05, 0) is 44.1 Å². The lowest BCUT2D eigenvalue weighted by Gasteiger charge is -2.12.